The van der Waals surface area contributed by atoms with Gasteiger partial charge in [-0.15, -0.1) is 0 Å². The van der Waals surface area contributed by atoms with E-state index >= 15 is 0 Å². The quantitative estimate of drug-likeness (QED) is 0.891. The fraction of sp³-hybridized carbons (Fsp3) is 0.625. The number of hydrogen-bond donors (Lipinski definition) is 1. The van der Waals surface area contributed by atoms with Crippen LogP contribution in [0.1, 0.15) is 31.2 Å². The van der Waals surface area contributed by atoms with E-state index in [1.165, 1.54) is 31.2 Å². The fourth-order valence-corrected chi connectivity index (χ4v) is 3.73. The minimum Gasteiger partial charge on any atom is -0.486 e. The molecule has 1 heterocycles. The summed E-state index contributed by atoms with van der Waals surface area (Å²) in [6.07, 6.45) is 5.66. The van der Waals surface area contributed by atoms with Crippen LogP contribution < -0.4 is 14.8 Å². The summed E-state index contributed by atoms with van der Waals surface area (Å²) in [4.78, 5) is 0. The molecule has 3 aliphatic rings. The van der Waals surface area contributed by atoms with Crippen LogP contribution >= 0.6 is 15.9 Å². The molecule has 20 heavy (non-hydrogen) atoms. The molecule has 2 saturated carbocycles. The van der Waals surface area contributed by atoms with Gasteiger partial charge in [0.25, 0.3) is 0 Å². The molecule has 1 N–H and O–H groups in total. The molecule has 4 heteroatoms. The summed E-state index contributed by atoms with van der Waals surface area (Å²) in [5.74, 6) is 3.59. The molecule has 0 amide bonds. The highest BCUT2D eigenvalue weighted by Crippen LogP contribution is 2.45. The van der Waals surface area contributed by atoms with E-state index in [1.54, 1.807) is 0 Å². The molecule has 0 radical (unpaired) electrons. The number of ether oxygens (including phenoxy) is 2. The number of halogens is 1. The highest BCUT2D eigenvalue weighted by molar-refractivity contribution is 9.10. The fourth-order valence-electron chi connectivity index (χ4n) is 3.13. The first kappa shape index (κ1) is 13.0. The van der Waals surface area contributed by atoms with Gasteiger partial charge in [0, 0.05) is 12.6 Å². The van der Waals surface area contributed by atoms with Gasteiger partial charge in [0.1, 0.15) is 13.2 Å². The molecule has 0 atom stereocenters. The predicted molar refractivity (Wildman–Crippen MR) is 81.2 cm³/mol. The van der Waals surface area contributed by atoms with Crippen molar-refractivity contribution in [1.29, 1.82) is 0 Å². The van der Waals surface area contributed by atoms with E-state index in [-0.39, 0.29) is 0 Å². The summed E-state index contributed by atoms with van der Waals surface area (Å²) >= 11 is 3.59. The number of benzene rings is 1. The summed E-state index contributed by atoms with van der Waals surface area (Å²) < 4.78 is 12.3. The summed E-state index contributed by atoms with van der Waals surface area (Å²) in [7, 11) is 0. The largest absolute Gasteiger partial charge is 0.486 e. The SMILES string of the molecule is Brc1cc(CNC(C2CC2)C2CC2)cc2c1OCCO2. The van der Waals surface area contributed by atoms with Crippen LogP contribution in [0.3, 0.4) is 0 Å². The molecule has 3 nitrogen and oxygen atoms in total. The second-order valence-electron chi connectivity index (χ2n) is 6.18. The lowest BCUT2D eigenvalue weighted by Gasteiger charge is -2.22. The van der Waals surface area contributed by atoms with Crippen LogP contribution in [0, 0.1) is 11.8 Å². The standard InChI is InChI=1S/C16H20BrNO2/c17-13-7-10(8-14-16(13)20-6-5-19-14)9-18-15(11-1-2-11)12-3-4-12/h7-8,11-12,15,18H,1-6,9H2. The van der Waals surface area contributed by atoms with E-state index in [0.717, 1.165) is 40.4 Å². The van der Waals surface area contributed by atoms with Gasteiger partial charge in [-0.1, -0.05) is 0 Å². The third-order valence-corrected chi connectivity index (χ3v) is 5.05. The Morgan fingerprint density at radius 1 is 1.10 bits per heavy atom. The molecule has 1 aromatic rings. The Labute approximate surface area is 128 Å². The minimum atomic E-state index is 0.634. The monoisotopic (exact) mass is 337 g/mol. The second-order valence-corrected chi connectivity index (χ2v) is 7.04. The molecule has 1 aromatic carbocycles. The van der Waals surface area contributed by atoms with Crippen LogP contribution in [0.4, 0.5) is 0 Å². The average Bonchev–Trinajstić information content (AvgIpc) is 3.33. The molecule has 0 bridgehead atoms. The maximum atomic E-state index is 5.69. The Morgan fingerprint density at radius 2 is 1.80 bits per heavy atom. The van der Waals surface area contributed by atoms with Crippen molar-refractivity contribution >= 4 is 15.9 Å². The number of nitrogens with one attached hydrogen (secondary N) is 1. The van der Waals surface area contributed by atoms with Crippen molar-refractivity contribution in [1.82, 2.24) is 5.32 Å². The molecule has 0 unspecified atom stereocenters. The maximum absolute atomic E-state index is 5.69. The van der Waals surface area contributed by atoms with E-state index in [1.807, 2.05) is 0 Å². The summed E-state index contributed by atoms with van der Waals surface area (Å²) in [5, 5.41) is 3.78. The number of hydrogen-bond acceptors (Lipinski definition) is 3. The molecule has 108 valence electrons. The number of rotatable bonds is 5. The van der Waals surface area contributed by atoms with Gasteiger partial charge in [0.05, 0.1) is 4.47 Å². The van der Waals surface area contributed by atoms with E-state index in [9.17, 15) is 0 Å². The average molecular weight is 338 g/mol. The van der Waals surface area contributed by atoms with E-state index < -0.39 is 0 Å². The number of fused-ring (bicyclic) bond motifs is 1. The van der Waals surface area contributed by atoms with Gasteiger partial charge in [-0.25, -0.2) is 0 Å². The van der Waals surface area contributed by atoms with E-state index in [0.29, 0.717) is 13.2 Å². The molecule has 1 aliphatic heterocycles. The van der Waals surface area contributed by atoms with Crippen molar-refractivity contribution in [2.45, 2.75) is 38.3 Å². The van der Waals surface area contributed by atoms with Crippen molar-refractivity contribution in [2.75, 3.05) is 13.2 Å². The van der Waals surface area contributed by atoms with Crippen molar-refractivity contribution < 1.29 is 9.47 Å². The molecule has 4 rings (SSSR count). The van der Waals surface area contributed by atoms with Gasteiger partial charge in [-0.3, -0.25) is 0 Å². The highest BCUT2D eigenvalue weighted by atomic mass is 79.9. The predicted octanol–water partition coefficient (Wildman–Crippen LogP) is 3.50. The van der Waals surface area contributed by atoms with Crippen molar-refractivity contribution in [3.8, 4) is 11.5 Å². The van der Waals surface area contributed by atoms with Crippen LogP contribution in [0.25, 0.3) is 0 Å². The lowest BCUT2D eigenvalue weighted by molar-refractivity contribution is 0.170. The van der Waals surface area contributed by atoms with Gasteiger partial charge in [-0.2, -0.15) is 0 Å². The first-order valence-electron chi connectivity index (χ1n) is 7.62. The molecular formula is C16H20BrNO2. The zero-order valence-electron chi connectivity index (χ0n) is 11.5. The van der Waals surface area contributed by atoms with Crippen LogP contribution in [-0.2, 0) is 6.54 Å². The second kappa shape index (κ2) is 5.23. The molecule has 0 aromatic heterocycles. The third-order valence-electron chi connectivity index (χ3n) is 4.46. The molecule has 0 saturated heterocycles. The van der Waals surface area contributed by atoms with Crippen LogP contribution in [0.15, 0.2) is 16.6 Å². The lowest BCUT2D eigenvalue weighted by atomic mass is 10.1. The Kier molecular flexibility index (Phi) is 3.39. The van der Waals surface area contributed by atoms with Crippen LogP contribution in [0.2, 0.25) is 0 Å². The Morgan fingerprint density at radius 3 is 2.50 bits per heavy atom. The summed E-state index contributed by atoms with van der Waals surface area (Å²) in [6, 6.07) is 5.00. The molecule has 0 spiro atoms. The van der Waals surface area contributed by atoms with Crippen molar-refractivity contribution in [2.24, 2.45) is 11.8 Å². The Bertz CT molecular complexity index is 499. The first-order chi connectivity index (χ1) is 9.81. The normalized spacial score (nSPS) is 21.3. The minimum absolute atomic E-state index is 0.634. The van der Waals surface area contributed by atoms with Gasteiger partial charge in [-0.05, 0) is 71.1 Å². The van der Waals surface area contributed by atoms with Gasteiger partial charge >= 0.3 is 0 Å². The molecular weight excluding hydrogens is 318 g/mol. The maximum Gasteiger partial charge on any atom is 0.175 e. The van der Waals surface area contributed by atoms with Crippen LogP contribution in [-0.4, -0.2) is 19.3 Å². The summed E-state index contributed by atoms with van der Waals surface area (Å²) in [5.41, 5.74) is 1.27. The van der Waals surface area contributed by atoms with Crippen molar-refractivity contribution in [3.63, 3.8) is 0 Å². The Balaban J connectivity index is 1.46. The van der Waals surface area contributed by atoms with Crippen LogP contribution in [0.5, 0.6) is 11.5 Å². The first-order valence-corrected chi connectivity index (χ1v) is 8.42. The van der Waals surface area contributed by atoms with Gasteiger partial charge in [0.2, 0.25) is 0 Å². The van der Waals surface area contributed by atoms with E-state index in [2.05, 4.69) is 33.4 Å². The van der Waals surface area contributed by atoms with Gasteiger partial charge in [0.15, 0.2) is 11.5 Å². The topological polar surface area (TPSA) is 30.5 Å². The molecule has 2 fully saturated rings. The van der Waals surface area contributed by atoms with Crippen molar-refractivity contribution in [3.05, 3.63) is 22.2 Å². The third kappa shape index (κ3) is 2.68. The summed E-state index contributed by atoms with van der Waals surface area (Å²) in [6.45, 7) is 2.20. The smallest absolute Gasteiger partial charge is 0.175 e. The highest BCUT2D eigenvalue weighted by Gasteiger charge is 2.40. The Hall–Kier alpha value is -0.740. The zero-order chi connectivity index (χ0) is 13.5. The lowest BCUT2D eigenvalue weighted by Crippen LogP contribution is -2.32. The van der Waals surface area contributed by atoms with Gasteiger partial charge < -0.3 is 14.8 Å². The zero-order valence-corrected chi connectivity index (χ0v) is 13.1. The van der Waals surface area contributed by atoms with E-state index in [4.69, 9.17) is 9.47 Å². The molecule has 2 aliphatic carbocycles.